The second kappa shape index (κ2) is 7.00. The number of carbonyl (C=O) groups is 1. The predicted molar refractivity (Wildman–Crippen MR) is 106 cm³/mol. The molecule has 2 aromatic heterocycles. The number of hydrogen-bond acceptors (Lipinski definition) is 4. The lowest BCUT2D eigenvalue weighted by Crippen LogP contribution is -2.29. The molecule has 0 fully saturated rings. The molecule has 7 nitrogen and oxygen atoms in total. The van der Waals surface area contributed by atoms with Gasteiger partial charge >= 0.3 is 0 Å². The summed E-state index contributed by atoms with van der Waals surface area (Å²) in [4.78, 5) is 27.8. The van der Waals surface area contributed by atoms with Crippen LogP contribution in [0.5, 0.6) is 0 Å². The van der Waals surface area contributed by atoms with Crippen molar-refractivity contribution in [2.75, 3.05) is 5.32 Å². The van der Waals surface area contributed by atoms with Gasteiger partial charge in [0.05, 0.1) is 11.6 Å². The van der Waals surface area contributed by atoms with Crippen LogP contribution in [0, 0.1) is 4.77 Å². The van der Waals surface area contributed by atoms with E-state index in [0.717, 1.165) is 15.8 Å². The predicted octanol–water partition coefficient (Wildman–Crippen LogP) is 2.88. The van der Waals surface area contributed by atoms with Crippen LogP contribution in [0.1, 0.15) is 0 Å². The van der Waals surface area contributed by atoms with Crippen LogP contribution < -0.4 is 10.9 Å². The number of nitrogens with zero attached hydrogens (tertiary/aromatic N) is 3. The van der Waals surface area contributed by atoms with Crippen LogP contribution in [-0.4, -0.2) is 25.2 Å². The van der Waals surface area contributed by atoms with Gasteiger partial charge in [0.1, 0.15) is 6.54 Å². The standard InChI is InChI=1S/C19H15N5O2S/c25-17(12-24-18(26)16-7-2-1-4-13(16)11-21-24)22-14-5-3-6-15(10-14)23-9-8-20-19(23)27/h1-11H,12H2,(H,20,27)(H,22,25). The number of amides is 1. The van der Waals surface area contributed by atoms with Crippen molar-refractivity contribution in [1.82, 2.24) is 19.3 Å². The van der Waals surface area contributed by atoms with Gasteiger partial charge in [0.15, 0.2) is 4.77 Å². The molecule has 0 radical (unpaired) electrons. The average Bonchev–Trinajstić information content (AvgIpc) is 3.10. The summed E-state index contributed by atoms with van der Waals surface area (Å²) >= 11 is 5.21. The van der Waals surface area contributed by atoms with Crippen molar-refractivity contribution in [1.29, 1.82) is 0 Å². The molecule has 8 heteroatoms. The molecule has 134 valence electrons. The summed E-state index contributed by atoms with van der Waals surface area (Å²) in [5, 5.41) is 8.15. The minimum atomic E-state index is -0.338. The third kappa shape index (κ3) is 3.42. The van der Waals surface area contributed by atoms with E-state index in [-0.39, 0.29) is 18.0 Å². The number of anilines is 1. The van der Waals surface area contributed by atoms with E-state index < -0.39 is 0 Å². The van der Waals surface area contributed by atoms with Crippen LogP contribution in [0.15, 0.2) is 71.9 Å². The van der Waals surface area contributed by atoms with Gasteiger partial charge in [-0.15, -0.1) is 0 Å². The van der Waals surface area contributed by atoms with E-state index in [1.165, 1.54) is 0 Å². The van der Waals surface area contributed by atoms with Gasteiger partial charge < -0.3 is 10.3 Å². The molecule has 0 atom stereocenters. The van der Waals surface area contributed by atoms with Gasteiger partial charge in [-0.1, -0.05) is 24.3 Å². The number of aromatic amines is 1. The van der Waals surface area contributed by atoms with Gasteiger partial charge in [0, 0.05) is 29.2 Å². The minimum absolute atomic E-state index is 0.169. The Bertz CT molecular complexity index is 1250. The van der Waals surface area contributed by atoms with Gasteiger partial charge in [-0.25, -0.2) is 4.68 Å². The molecular formula is C19H15N5O2S. The summed E-state index contributed by atoms with van der Waals surface area (Å²) in [6.07, 6.45) is 5.13. The number of fused-ring (bicyclic) bond motifs is 1. The lowest BCUT2D eigenvalue weighted by Gasteiger charge is -2.09. The first-order valence-electron chi connectivity index (χ1n) is 8.23. The van der Waals surface area contributed by atoms with Crippen molar-refractivity contribution < 1.29 is 4.79 Å². The SMILES string of the molecule is O=C(Cn1ncc2ccccc2c1=O)Nc1cccc(-n2cc[nH]c2=S)c1. The number of carbonyl (C=O) groups excluding carboxylic acids is 1. The molecule has 4 rings (SSSR count). The molecule has 4 aromatic rings. The van der Waals surface area contributed by atoms with E-state index in [1.807, 2.05) is 30.5 Å². The van der Waals surface area contributed by atoms with Crippen molar-refractivity contribution in [2.45, 2.75) is 6.54 Å². The molecule has 2 aromatic carbocycles. The van der Waals surface area contributed by atoms with Crippen LogP contribution >= 0.6 is 12.2 Å². The molecule has 0 bridgehead atoms. The van der Waals surface area contributed by atoms with Crippen molar-refractivity contribution in [3.05, 3.63) is 82.2 Å². The molecule has 0 aliphatic rings. The van der Waals surface area contributed by atoms with E-state index in [9.17, 15) is 9.59 Å². The molecule has 0 aliphatic heterocycles. The molecule has 2 heterocycles. The topological polar surface area (TPSA) is 84.7 Å². The summed E-state index contributed by atoms with van der Waals surface area (Å²) in [5.74, 6) is -0.338. The minimum Gasteiger partial charge on any atom is -0.337 e. The number of aromatic nitrogens is 4. The number of benzene rings is 2. The summed E-state index contributed by atoms with van der Waals surface area (Å²) in [7, 11) is 0. The van der Waals surface area contributed by atoms with Crippen molar-refractivity contribution in [3.8, 4) is 5.69 Å². The number of imidazole rings is 1. The summed E-state index contributed by atoms with van der Waals surface area (Å²) in [6.45, 7) is -0.169. The van der Waals surface area contributed by atoms with Crippen LogP contribution in [0.3, 0.4) is 0 Å². The Hall–Kier alpha value is -3.52. The highest BCUT2D eigenvalue weighted by molar-refractivity contribution is 7.71. The van der Waals surface area contributed by atoms with Crippen LogP contribution in [-0.2, 0) is 11.3 Å². The first-order chi connectivity index (χ1) is 13.1. The van der Waals surface area contributed by atoms with E-state index in [2.05, 4.69) is 15.4 Å². The van der Waals surface area contributed by atoms with E-state index in [0.29, 0.717) is 15.8 Å². The zero-order chi connectivity index (χ0) is 18.8. The van der Waals surface area contributed by atoms with Gasteiger partial charge in [-0.2, -0.15) is 5.10 Å². The fourth-order valence-corrected chi connectivity index (χ4v) is 3.07. The Balaban J connectivity index is 1.55. The Morgan fingerprint density at radius 3 is 2.85 bits per heavy atom. The second-order valence-electron chi connectivity index (χ2n) is 5.93. The van der Waals surface area contributed by atoms with Crippen LogP contribution in [0.4, 0.5) is 5.69 Å². The third-order valence-corrected chi connectivity index (χ3v) is 4.43. The number of hydrogen-bond donors (Lipinski definition) is 2. The normalized spacial score (nSPS) is 10.8. The smallest absolute Gasteiger partial charge is 0.275 e. The van der Waals surface area contributed by atoms with Crippen molar-refractivity contribution >= 4 is 34.6 Å². The van der Waals surface area contributed by atoms with Gasteiger partial charge in [-0.3, -0.25) is 14.2 Å². The van der Waals surface area contributed by atoms with Gasteiger partial charge in [0.25, 0.3) is 5.56 Å². The van der Waals surface area contributed by atoms with Crippen LogP contribution in [0.2, 0.25) is 0 Å². The third-order valence-electron chi connectivity index (χ3n) is 4.11. The maximum absolute atomic E-state index is 12.5. The molecular weight excluding hydrogens is 362 g/mol. The Morgan fingerprint density at radius 2 is 2.04 bits per heavy atom. The summed E-state index contributed by atoms with van der Waals surface area (Å²) < 4.78 is 3.51. The van der Waals surface area contributed by atoms with E-state index in [4.69, 9.17) is 12.2 Å². The number of nitrogens with one attached hydrogen (secondary N) is 2. The highest BCUT2D eigenvalue weighted by atomic mass is 32.1. The Morgan fingerprint density at radius 1 is 1.19 bits per heavy atom. The quantitative estimate of drug-likeness (QED) is 0.536. The lowest BCUT2D eigenvalue weighted by atomic mass is 10.2. The zero-order valence-electron chi connectivity index (χ0n) is 14.1. The second-order valence-corrected chi connectivity index (χ2v) is 6.32. The molecule has 0 aliphatic carbocycles. The Labute approximate surface area is 158 Å². The first-order valence-corrected chi connectivity index (χ1v) is 8.64. The fourth-order valence-electron chi connectivity index (χ4n) is 2.83. The van der Waals surface area contributed by atoms with Crippen molar-refractivity contribution in [2.24, 2.45) is 0 Å². The monoisotopic (exact) mass is 377 g/mol. The molecule has 27 heavy (non-hydrogen) atoms. The molecule has 1 amide bonds. The fraction of sp³-hybridized carbons (Fsp3) is 0.0526. The molecule has 0 unspecified atom stereocenters. The maximum Gasteiger partial charge on any atom is 0.275 e. The Kier molecular flexibility index (Phi) is 4.39. The van der Waals surface area contributed by atoms with Crippen LogP contribution in [0.25, 0.3) is 16.5 Å². The summed E-state index contributed by atoms with van der Waals surface area (Å²) in [5.41, 5.74) is 1.13. The molecule has 0 saturated carbocycles. The molecule has 0 spiro atoms. The number of H-pyrrole nitrogens is 1. The maximum atomic E-state index is 12.5. The zero-order valence-corrected chi connectivity index (χ0v) is 14.9. The number of rotatable bonds is 4. The van der Waals surface area contributed by atoms with E-state index >= 15 is 0 Å². The van der Waals surface area contributed by atoms with Gasteiger partial charge in [0.2, 0.25) is 5.91 Å². The summed E-state index contributed by atoms with van der Waals surface area (Å²) in [6, 6.07) is 14.4. The largest absolute Gasteiger partial charge is 0.337 e. The first kappa shape index (κ1) is 16.9. The average molecular weight is 377 g/mol. The highest BCUT2D eigenvalue weighted by Crippen LogP contribution is 2.15. The molecule has 0 saturated heterocycles. The highest BCUT2D eigenvalue weighted by Gasteiger charge is 2.09. The van der Waals surface area contributed by atoms with Crippen molar-refractivity contribution in [3.63, 3.8) is 0 Å². The molecule has 2 N–H and O–H groups in total. The van der Waals surface area contributed by atoms with Gasteiger partial charge in [-0.05, 0) is 36.5 Å². The van der Waals surface area contributed by atoms with E-state index in [1.54, 1.807) is 41.2 Å². The lowest BCUT2D eigenvalue weighted by molar-refractivity contribution is -0.117.